The van der Waals surface area contributed by atoms with Crippen molar-refractivity contribution in [1.29, 1.82) is 0 Å². The van der Waals surface area contributed by atoms with E-state index in [1.165, 1.54) is 25.3 Å². The molecular formula is C24H31FN2O2. The molecule has 2 aliphatic heterocycles. The zero-order valence-electron chi connectivity index (χ0n) is 17.3. The minimum absolute atomic E-state index is 0.0160. The molecule has 1 unspecified atom stereocenters. The first-order valence-corrected chi connectivity index (χ1v) is 11.3. The van der Waals surface area contributed by atoms with Gasteiger partial charge in [0.2, 0.25) is 11.8 Å². The van der Waals surface area contributed by atoms with E-state index in [0.29, 0.717) is 17.9 Å². The number of likely N-dealkylation sites (tertiary alicyclic amines) is 2. The van der Waals surface area contributed by atoms with Crippen LogP contribution in [-0.4, -0.2) is 46.8 Å². The van der Waals surface area contributed by atoms with Gasteiger partial charge in [0.15, 0.2) is 0 Å². The van der Waals surface area contributed by atoms with Crippen LogP contribution < -0.4 is 0 Å². The third-order valence-electron chi connectivity index (χ3n) is 8.16. The first kappa shape index (κ1) is 19.1. The Morgan fingerprint density at radius 2 is 1.93 bits per heavy atom. The highest BCUT2D eigenvalue weighted by atomic mass is 19.1. The summed E-state index contributed by atoms with van der Waals surface area (Å²) in [5.41, 5.74) is 1.21. The molecule has 2 saturated heterocycles. The van der Waals surface area contributed by atoms with E-state index in [9.17, 15) is 14.0 Å². The molecule has 29 heavy (non-hydrogen) atoms. The van der Waals surface area contributed by atoms with E-state index in [1.54, 1.807) is 19.1 Å². The van der Waals surface area contributed by atoms with Crippen molar-refractivity contribution in [3.63, 3.8) is 0 Å². The van der Waals surface area contributed by atoms with Crippen LogP contribution in [0.15, 0.2) is 24.3 Å². The molecular weight excluding hydrogens is 367 g/mol. The van der Waals surface area contributed by atoms with Crippen LogP contribution in [0.3, 0.4) is 0 Å². The van der Waals surface area contributed by atoms with Crippen molar-refractivity contribution in [1.82, 2.24) is 9.80 Å². The monoisotopic (exact) mass is 398 g/mol. The van der Waals surface area contributed by atoms with Gasteiger partial charge >= 0.3 is 0 Å². The predicted molar refractivity (Wildman–Crippen MR) is 109 cm³/mol. The minimum Gasteiger partial charge on any atom is -0.337 e. The van der Waals surface area contributed by atoms with Crippen LogP contribution in [0.25, 0.3) is 0 Å². The number of halogens is 1. The highest BCUT2D eigenvalue weighted by Crippen LogP contribution is 2.66. The van der Waals surface area contributed by atoms with Crippen molar-refractivity contribution in [3.05, 3.63) is 35.6 Å². The number of fused-ring (bicyclic) bond motifs is 1. The molecule has 5 heteroatoms. The smallest absolute Gasteiger partial charge is 0.226 e. The van der Waals surface area contributed by atoms with Crippen LogP contribution in [0.5, 0.6) is 0 Å². The number of hydrogen-bond acceptors (Lipinski definition) is 2. The molecule has 0 aromatic heterocycles. The van der Waals surface area contributed by atoms with Crippen molar-refractivity contribution >= 4 is 11.8 Å². The zero-order valence-corrected chi connectivity index (χ0v) is 17.3. The number of benzene rings is 1. The maximum atomic E-state index is 14.0. The van der Waals surface area contributed by atoms with Gasteiger partial charge in [-0.05, 0) is 55.2 Å². The number of nitrogens with zero attached hydrogens (tertiary/aromatic N) is 2. The Bertz CT molecular complexity index is 821. The van der Waals surface area contributed by atoms with Crippen molar-refractivity contribution < 1.29 is 14.0 Å². The highest BCUT2D eigenvalue weighted by molar-refractivity contribution is 5.84. The van der Waals surface area contributed by atoms with Crippen LogP contribution in [0.1, 0.15) is 69.8 Å². The maximum absolute atomic E-state index is 14.0. The van der Waals surface area contributed by atoms with Crippen molar-refractivity contribution in [3.8, 4) is 0 Å². The maximum Gasteiger partial charge on any atom is 0.226 e. The summed E-state index contributed by atoms with van der Waals surface area (Å²) < 4.78 is 14.0. The third kappa shape index (κ3) is 3.17. The average molecular weight is 399 g/mol. The lowest BCUT2D eigenvalue weighted by Crippen LogP contribution is -2.51. The van der Waals surface area contributed by atoms with E-state index in [1.807, 2.05) is 11.0 Å². The largest absolute Gasteiger partial charge is 0.337 e. The van der Waals surface area contributed by atoms with Gasteiger partial charge in [-0.25, -0.2) is 4.39 Å². The van der Waals surface area contributed by atoms with Gasteiger partial charge in [0, 0.05) is 31.8 Å². The fraction of sp³-hybridized carbons (Fsp3) is 0.667. The van der Waals surface area contributed by atoms with Gasteiger partial charge in [-0.15, -0.1) is 0 Å². The predicted octanol–water partition coefficient (Wildman–Crippen LogP) is 4.10. The Morgan fingerprint density at radius 1 is 1.10 bits per heavy atom. The standard InChI is InChI=1S/C24H31FN2O2/c1-16(28)26-12-4-2-3-9-21-22(26)19(17-7-5-8-18(25)13-17)15-27(21)23(29)20-14-24(20)10-6-11-24/h5,7-8,13,19-22H,2-4,6,9-12,14-15H2,1H3/t19-,20?,21+,22-/m0/s1. The molecule has 4 aliphatic rings. The average Bonchev–Trinajstić information content (AvgIpc) is 3.32. The Kier molecular flexibility index (Phi) is 4.67. The molecule has 2 heterocycles. The second-order valence-corrected chi connectivity index (χ2v) is 9.74. The molecule has 4 atom stereocenters. The molecule has 0 radical (unpaired) electrons. The van der Waals surface area contributed by atoms with E-state index in [2.05, 4.69) is 4.90 Å². The SMILES string of the molecule is CC(=O)N1CCCCC[C@@H]2[C@@H]1[C@H](c1cccc(F)c1)CN2C(=O)C1CC12CCC2. The summed E-state index contributed by atoms with van der Waals surface area (Å²) in [6.07, 6.45) is 8.79. The summed E-state index contributed by atoms with van der Waals surface area (Å²) in [7, 11) is 0. The number of amides is 2. The highest BCUT2D eigenvalue weighted by Gasteiger charge is 2.63. The van der Waals surface area contributed by atoms with E-state index in [4.69, 9.17) is 0 Å². The van der Waals surface area contributed by atoms with Gasteiger partial charge in [0.05, 0.1) is 12.1 Å². The minimum atomic E-state index is -0.250. The van der Waals surface area contributed by atoms with Crippen LogP contribution in [0.4, 0.5) is 4.39 Å². The Hall–Kier alpha value is -1.91. The molecule has 0 N–H and O–H groups in total. The third-order valence-corrected chi connectivity index (χ3v) is 8.16. The van der Waals surface area contributed by atoms with Crippen molar-refractivity contribution in [2.45, 2.75) is 76.3 Å². The molecule has 2 aliphatic carbocycles. The van der Waals surface area contributed by atoms with Crippen LogP contribution >= 0.6 is 0 Å². The lowest BCUT2D eigenvalue weighted by Gasteiger charge is -2.39. The lowest BCUT2D eigenvalue weighted by atomic mass is 9.79. The fourth-order valence-corrected chi connectivity index (χ4v) is 6.36. The second-order valence-electron chi connectivity index (χ2n) is 9.74. The molecule has 1 aromatic carbocycles. The van der Waals surface area contributed by atoms with E-state index < -0.39 is 0 Å². The van der Waals surface area contributed by atoms with E-state index >= 15 is 0 Å². The Morgan fingerprint density at radius 3 is 2.59 bits per heavy atom. The zero-order chi connectivity index (χ0) is 20.2. The molecule has 5 rings (SSSR count). The molecule has 1 aromatic rings. The molecule has 2 amide bonds. The summed E-state index contributed by atoms with van der Waals surface area (Å²) in [5.74, 6) is 0.277. The molecule has 4 nitrogen and oxygen atoms in total. The lowest BCUT2D eigenvalue weighted by molar-refractivity contribution is -0.138. The van der Waals surface area contributed by atoms with Crippen molar-refractivity contribution in [2.24, 2.45) is 11.3 Å². The van der Waals surface area contributed by atoms with Gasteiger partial charge in [0.25, 0.3) is 0 Å². The Balaban J connectivity index is 1.50. The topological polar surface area (TPSA) is 40.6 Å². The quantitative estimate of drug-likeness (QED) is 0.753. The van der Waals surface area contributed by atoms with Crippen molar-refractivity contribution in [2.75, 3.05) is 13.1 Å². The summed E-state index contributed by atoms with van der Waals surface area (Å²) >= 11 is 0. The molecule has 0 bridgehead atoms. The second kappa shape index (κ2) is 7.10. The first-order chi connectivity index (χ1) is 14.0. The van der Waals surface area contributed by atoms with Gasteiger partial charge < -0.3 is 9.80 Å². The van der Waals surface area contributed by atoms with E-state index in [-0.39, 0.29) is 35.6 Å². The summed E-state index contributed by atoms with van der Waals surface area (Å²) in [6.45, 7) is 2.97. The molecule has 156 valence electrons. The van der Waals surface area contributed by atoms with Gasteiger partial charge in [-0.1, -0.05) is 31.4 Å². The van der Waals surface area contributed by atoms with Gasteiger partial charge in [0.1, 0.15) is 5.82 Å². The summed E-state index contributed by atoms with van der Waals surface area (Å²) in [5, 5.41) is 0. The number of carbonyl (C=O) groups excluding carboxylic acids is 2. The van der Waals surface area contributed by atoms with E-state index in [0.717, 1.165) is 44.2 Å². The number of hydrogen-bond donors (Lipinski definition) is 0. The number of rotatable bonds is 2. The fourth-order valence-electron chi connectivity index (χ4n) is 6.36. The van der Waals surface area contributed by atoms with Gasteiger partial charge in [-0.2, -0.15) is 0 Å². The molecule has 1 spiro atoms. The molecule has 4 fully saturated rings. The molecule has 2 saturated carbocycles. The van der Waals surface area contributed by atoms with Crippen LogP contribution in [-0.2, 0) is 9.59 Å². The summed E-state index contributed by atoms with van der Waals surface area (Å²) in [4.78, 5) is 30.2. The number of carbonyl (C=O) groups is 2. The summed E-state index contributed by atoms with van der Waals surface area (Å²) in [6, 6.07) is 6.77. The van der Waals surface area contributed by atoms with Gasteiger partial charge in [-0.3, -0.25) is 9.59 Å². The van der Waals surface area contributed by atoms with Crippen LogP contribution in [0, 0.1) is 17.2 Å². The normalized spacial score (nSPS) is 32.9. The first-order valence-electron chi connectivity index (χ1n) is 11.3. The Labute approximate surface area is 172 Å². The van der Waals surface area contributed by atoms with Crippen LogP contribution in [0.2, 0.25) is 0 Å².